The van der Waals surface area contributed by atoms with Gasteiger partial charge in [-0.2, -0.15) is 0 Å². The van der Waals surface area contributed by atoms with Crippen molar-refractivity contribution in [3.05, 3.63) is 53.6 Å². The maximum absolute atomic E-state index is 10.9. The first kappa shape index (κ1) is 12.3. The summed E-state index contributed by atoms with van der Waals surface area (Å²) < 4.78 is 0. The van der Waals surface area contributed by atoms with Crippen LogP contribution in [0.3, 0.4) is 0 Å². The molecule has 0 fully saturated rings. The van der Waals surface area contributed by atoms with Crippen LogP contribution in [0.15, 0.2) is 42.5 Å². The van der Waals surface area contributed by atoms with E-state index in [0.29, 0.717) is 12.1 Å². The summed E-state index contributed by atoms with van der Waals surface area (Å²) in [5.41, 5.74) is 6.83. The number of aromatic carboxylic acids is 1. The average molecular weight is 241 g/mol. The van der Waals surface area contributed by atoms with E-state index >= 15 is 0 Å². The Morgan fingerprint density at radius 2 is 1.89 bits per heavy atom. The smallest absolute Gasteiger partial charge is 0.335 e. The predicted octanol–water partition coefficient (Wildman–Crippen LogP) is 2.90. The summed E-state index contributed by atoms with van der Waals surface area (Å²) in [6.45, 7) is 0.645. The molecule has 2 aromatic carbocycles. The second-order valence-electron chi connectivity index (χ2n) is 4.11. The van der Waals surface area contributed by atoms with Crippen LogP contribution in [0.2, 0.25) is 0 Å². The maximum Gasteiger partial charge on any atom is 0.335 e. The first-order valence-corrected chi connectivity index (χ1v) is 5.84. The molecule has 0 aliphatic rings. The fourth-order valence-corrected chi connectivity index (χ4v) is 1.82. The normalized spacial score (nSPS) is 11.2. The van der Waals surface area contributed by atoms with Crippen molar-refractivity contribution in [1.29, 1.82) is 0 Å². The SMILES string of the molecule is NCCC=Cc1ccc2cc(C(=O)O)ccc2c1. The van der Waals surface area contributed by atoms with Crippen molar-refractivity contribution in [3.8, 4) is 0 Å². The van der Waals surface area contributed by atoms with E-state index in [4.69, 9.17) is 10.8 Å². The van der Waals surface area contributed by atoms with Crippen LogP contribution in [0.5, 0.6) is 0 Å². The molecule has 0 aromatic heterocycles. The van der Waals surface area contributed by atoms with Gasteiger partial charge in [-0.15, -0.1) is 0 Å². The number of hydrogen-bond donors (Lipinski definition) is 2. The minimum Gasteiger partial charge on any atom is -0.478 e. The zero-order chi connectivity index (χ0) is 13.0. The van der Waals surface area contributed by atoms with Crippen LogP contribution in [0.4, 0.5) is 0 Å². The van der Waals surface area contributed by atoms with Crippen LogP contribution >= 0.6 is 0 Å². The predicted molar refractivity (Wildman–Crippen MR) is 73.6 cm³/mol. The summed E-state index contributed by atoms with van der Waals surface area (Å²) in [6, 6.07) is 11.1. The van der Waals surface area contributed by atoms with E-state index in [-0.39, 0.29) is 0 Å². The van der Waals surface area contributed by atoms with E-state index in [0.717, 1.165) is 22.8 Å². The van der Waals surface area contributed by atoms with Crippen molar-refractivity contribution in [1.82, 2.24) is 0 Å². The zero-order valence-corrected chi connectivity index (χ0v) is 9.97. The van der Waals surface area contributed by atoms with Crippen LogP contribution in [-0.2, 0) is 0 Å². The Kier molecular flexibility index (Phi) is 3.75. The van der Waals surface area contributed by atoms with E-state index in [9.17, 15) is 4.79 Å². The average Bonchev–Trinajstić information content (AvgIpc) is 2.38. The third-order valence-electron chi connectivity index (χ3n) is 2.75. The number of nitrogens with two attached hydrogens (primary N) is 1. The third kappa shape index (κ3) is 2.76. The van der Waals surface area contributed by atoms with Gasteiger partial charge in [-0.3, -0.25) is 0 Å². The van der Waals surface area contributed by atoms with Gasteiger partial charge in [-0.25, -0.2) is 4.79 Å². The van der Waals surface area contributed by atoms with Crippen LogP contribution in [0.1, 0.15) is 22.3 Å². The molecule has 0 radical (unpaired) electrons. The maximum atomic E-state index is 10.9. The van der Waals surface area contributed by atoms with E-state index < -0.39 is 5.97 Å². The molecule has 0 unspecified atom stereocenters. The Morgan fingerprint density at radius 1 is 1.17 bits per heavy atom. The number of carboxylic acids is 1. The number of fused-ring (bicyclic) bond motifs is 1. The van der Waals surface area contributed by atoms with Gasteiger partial charge in [0.25, 0.3) is 0 Å². The topological polar surface area (TPSA) is 63.3 Å². The highest BCUT2D eigenvalue weighted by molar-refractivity contribution is 5.94. The quantitative estimate of drug-likeness (QED) is 0.865. The Morgan fingerprint density at radius 3 is 2.61 bits per heavy atom. The number of rotatable bonds is 4. The first-order chi connectivity index (χ1) is 8.70. The van der Waals surface area contributed by atoms with E-state index in [1.165, 1.54) is 0 Å². The Hall–Kier alpha value is -2.13. The monoisotopic (exact) mass is 241 g/mol. The van der Waals surface area contributed by atoms with Gasteiger partial charge >= 0.3 is 5.97 Å². The third-order valence-corrected chi connectivity index (χ3v) is 2.75. The Balaban J connectivity index is 2.35. The van der Waals surface area contributed by atoms with Gasteiger partial charge < -0.3 is 10.8 Å². The lowest BCUT2D eigenvalue weighted by Crippen LogP contribution is -1.95. The van der Waals surface area contributed by atoms with Crippen molar-refractivity contribution >= 4 is 22.8 Å². The first-order valence-electron chi connectivity index (χ1n) is 5.84. The number of carbonyl (C=O) groups is 1. The molecule has 0 saturated heterocycles. The second kappa shape index (κ2) is 5.47. The fraction of sp³-hybridized carbons (Fsp3) is 0.133. The molecular weight excluding hydrogens is 226 g/mol. The van der Waals surface area contributed by atoms with Crippen LogP contribution in [0.25, 0.3) is 16.8 Å². The Labute approximate surface area is 106 Å². The highest BCUT2D eigenvalue weighted by Gasteiger charge is 2.03. The van der Waals surface area contributed by atoms with Gasteiger partial charge in [0.1, 0.15) is 0 Å². The molecule has 3 nitrogen and oxygen atoms in total. The summed E-state index contributed by atoms with van der Waals surface area (Å²) in [6.07, 6.45) is 4.92. The fourth-order valence-electron chi connectivity index (χ4n) is 1.82. The van der Waals surface area contributed by atoms with Crippen LogP contribution in [0, 0.1) is 0 Å². The molecule has 2 aromatic rings. The standard InChI is InChI=1S/C15H15NO2/c16-8-2-1-3-11-4-5-13-10-14(15(17)18)7-6-12(13)9-11/h1,3-7,9-10H,2,8,16H2,(H,17,18). The molecule has 0 atom stereocenters. The zero-order valence-electron chi connectivity index (χ0n) is 9.97. The molecular formula is C15H15NO2. The van der Waals surface area contributed by atoms with Gasteiger partial charge in [0.05, 0.1) is 5.56 Å². The molecule has 0 spiro atoms. The minimum absolute atomic E-state index is 0.314. The summed E-state index contributed by atoms with van der Waals surface area (Å²) in [4.78, 5) is 10.9. The van der Waals surface area contributed by atoms with Crippen molar-refractivity contribution < 1.29 is 9.90 Å². The highest BCUT2D eigenvalue weighted by Crippen LogP contribution is 2.19. The molecule has 0 amide bonds. The molecule has 18 heavy (non-hydrogen) atoms. The summed E-state index contributed by atoms with van der Waals surface area (Å²) in [5.74, 6) is -0.899. The summed E-state index contributed by atoms with van der Waals surface area (Å²) >= 11 is 0. The Bertz CT molecular complexity index is 602. The molecule has 2 rings (SSSR count). The minimum atomic E-state index is -0.899. The van der Waals surface area contributed by atoms with Crippen molar-refractivity contribution in [2.24, 2.45) is 5.73 Å². The summed E-state index contributed by atoms with van der Waals surface area (Å²) in [5, 5.41) is 10.9. The van der Waals surface area contributed by atoms with Gasteiger partial charge in [-0.1, -0.05) is 30.4 Å². The summed E-state index contributed by atoms with van der Waals surface area (Å²) in [7, 11) is 0. The second-order valence-corrected chi connectivity index (χ2v) is 4.11. The number of hydrogen-bond acceptors (Lipinski definition) is 2. The van der Waals surface area contributed by atoms with Gasteiger partial charge in [0.15, 0.2) is 0 Å². The molecule has 3 N–H and O–H groups in total. The van der Waals surface area contributed by atoms with Crippen LogP contribution in [-0.4, -0.2) is 17.6 Å². The largest absolute Gasteiger partial charge is 0.478 e. The molecule has 3 heteroatoms. The van der Waals surface area contributed by atoms with E-state index in [1.54, 1.807) is 12.1 Å². The van der Waals surface area contributed by atoms with Crippen molar-refractivity contribution in [2.75, 3.05) is 6.54 Å². The molecule has 0 bridgehead atoms. The van der Waals surface area contributed by atoms with E-state index in [1.807, 2.05) is 36.4 Å². The lowest BCUT2D eigenvalue weighted by Gasteiger charge is -2.01. The van der Waals surface area contributed by atoms with Gasteiger partial charge in [0.2, 0.25) is 0 Å². The lowest BCUT2D eigenvalue weighted by atomic mass is 10.0. The molecule has 0 heterocycles. The van der Waals surface area contributed by atoms with Gasteiger partial charge in [0, 0.05) is 0 Å². The molecule has 92 valence electrons. The van der Waals surface area contributed by atoms with Crippen LogP contribution < -0.4 is 5.73 Å². The van der Waals surface area contributed by atoms with Crippen molar-refractivity contribution in [2.45, 2.75) is 6.42 Å². The number of carboxylic acid groups (broad SMARTS) is 1. The van der Waals surface area contributed by atoms with Crippen molar-refractivity contribution in [3.63, 3.8) is 0 Å². The molecule has 0 aliphatic heterocycles. The van der Waals surface area contributed by atoms with Gasteiger partial charge in [-0.05, 0) is 47.5 Å². The highest BCUT2D eigenvalue weighted by atomic mass is 16.4. The molecule has 0 aliphatic carbocycles. The number of benzene rings is 2. The van der Waals surface area contributed by atoms with E-state index in [2.05, 4.69) is 0 Å². The molecule has 0 saturated carbocycles. The lowest BCUT2D eigenvalue weighted by molar-refractivity contribution is 0.0697.